The van der Waals surface area contributed by atoms with Gasteiger partial charge in [0.2, 0.25) is 5.91 Å². The molecule has 6 heteroatoms. The molecule has 0 aliphatic carbocycles. The topological polar surface area (TPSA) is 41.1 Å². The van der Waals surface area contributed by atoms with E-state index in [1.165, 1.54) is 0 Å². The Labute approximate surface area is 110 Å². The summed E-state index contributed by atoms with van der Waals surface area (Å²) in [6, 6.07) is 7.44. The van der Waals surface area contributed by atoms with Crippen LogP contribution in [0.3, 0.4) is 0 Å². The number of carbonyl (C=O) groups excluding carboxylic acids is 1. The molecule has 0 heterocycles. The van der Waals surface area contributed by atoms with Crippen LogP contribution in [0.15, 0.2) is 24.3 Å². The molecule has 0 aromatic heterocycles. The molecular formula is C13H17F3N2O. The normalized spacial score (nSPS) is 11.5. The predicted molar refractivity (Wildman–Crippen MR) is 68.1 cm³/mol. The standard InChI is InChI=1S/C13H17F3N2O/c1-9(2)10-4-3-5-11(6-10)17-7-12(19)18-8-13(14,15)16/h3-6,9,17H,7-8H2,1-2H3,(H,18,19). The van der Waals surface area contributed by atoms with E-state index in [1.54, 1.807) is 11.4 Å². The molecule has 0 aliphatic heterocycles. The van der Waals surface area contributed by atoms with Crippen molar-refractivity contribution in [2.45, 2.75) is 25.9 Å². The summed E-state index contributed by atoms with van der Waals surface area (Å²) in [6.07, 6.45) is -4.38. The van der Waals surface area contributed by atoms with E-state index in [-0.39, 0.29) is 6.54 Å². The minimum Gasteiger partial charge on any atom is -0.376 e. The van der Waals surface area contributed by atoms with Gasteiger partial charge in [0.25, 0.3) is 0 Å². The van der Waals surface area contributed by atoms with Crippen LogP contribution in [0.2, 0.25) is 0 Å². The third-order valence-corrected chi connectivity index (χ3v) is 2.49. The van der Waals surface area contributed by atoms with E-state index in [4.69, 9.17) is 0 Å². The van der Waals surface area contributed by atoms with Gasteiger partial charge in [-0.3, -0.25) is 4.79 Å². The molecule has 0 aliphatic rings. The molecule has 0 unspecified atom stereocenters. The molecule has 0 fully saturated rings. The largest absolute Gasteiger partial charge is 0.405 e. The van der Waals surface area contributed by atoms with Crippen molar-refractivity contribution < 1.29 is 18.0 Å². The molecule has 106 valence electrons. The van der Waals surface area contributed by atoms with Gasteiger partial charge in [0.1, 0.15) is 6.54 Å². The number of amides is 1. The fourth-order valence-corrected chi connectivity index (χ4v) is 1.45. The molecule has 1 aromatic carbocycles. The van der Waals surface area contributed by atoms with E-state index in [9.17, 15) is 18.0 Å². The maximum atomic E-state index is 11.9. The van der Waals surface area contributed by atoms with Crippen LogP contribution in [0.5, 0.6) is 0 Å². The van der Waals surface area contributed by atoms with Gasteiger partial charge in [-0.2, -0.15) is 13.2 Å². The van der Waals surface area contributed by atoms with Crippen molar-refractivity contribution in [3.8, 4) is 0 Å². The van der Waals surface area contributed by atoms with Crippen molar-refractivity contribution in [1.82, 2.24) is 5.32 Å². The fraction of sp³-hybridized carbons (Fsp3) is 0.462. The lowest BCUT2D eigenvalue weighted by atomic mass is 10.0. The SMILES string of the molecule is CC(C)c1cccc(NCC(=O)NCC(F)(F)F)c1. The van der Waals surface area contributed by atoms with Gasteiger partial charge >= 0.3 is 6.18 Å². The number of hydrogen-bond acceptors (Lipinski definition) is 2. The summed E-state index contributed by atoms with van der Waals surface area (Å²) in [4.78, 5) is 11.2. The van der Waals surface area contributed by atoms with E-state index in [2.05, 4.69) is 5.32 Å². The van der Waals surface area contributed by atoms with Gasteiger partial charge in [-0.25, -0.2) is 0 Å². The monoisotopic (exact) mass is 274 g/mol. The van der Waals surface area contributed by atoms with Crippen molar-refractivity contribution in [1.29, 1.82) is 0 Å². The van der Waals surface area contributed by atoms with Crippen LogP contribution >= 0.6 is 0 Å². The Kier molecular flexibility index (Phi) is 5.20. The second-order valence-electron chi connectivity index (χ2n) is 4.53. The Bertz CT molecular complexity index is 430. The van der Waals surface area contributed by atoms with Gasteiger partial charge in [0.15, 0.2) is 0 Å². The minimum atomic E-state index is -4.38. The highest BCUT2D eigenvalue weighted by Gasteiger charge is 2.27. The third-order valence-electron chi connectivity index (χ3n) is 2.49. The third kappa shape index (κ3) is 6.13. The summed E-state index contributed by atoms with van der Waals surface area (Å²) in [5.41, 5.74) is 1.81. The number of hydrogen-bond donors (Lipinski definition) is 2. The lowest BCUT2D eigenvalue weighted by Gasteiger charge is -2.11. The number of nitrogens with one attached hydrogen (secondary N) is 2. The van der Waals surface area contributed by atoms with Gasteiger partial charge in [0, 0.05) is 5.69 Å². The van der Waals surface area contributed by atoms with Crippen LogP contribution in [0.25, 0.3) is 0 Å². The van der Waals surface area contributed by atoms with E-state index < -0.39 is 18.6 Å². The maximum absolute atomic E-state index is 11.9. The molecule has 0 bridgehead atoms. The van der Waals surface area contributed by atoms with E-state index in [1.807, 2.05) is 32.0 Å². The first-order valence-corrected chi connectivity index (χ1v) is 5.95. The van der Waals surface area contributed by atoms with Gasteiger partial charge in [-0.15, -0.1) is 0 Å². The zero-order valence-electron chi connectivity index (χ0n) is 10.8. The minimum absolute atomic E-state index is 0.183. The molecule has 3 nitrogen and oxygen atoms in total. The molecular weight excluding hydrogens is 257 g/mol. The van der Waals surface area contributed by atoms with Crippen molar-refractivity contribution in [3.05, 3.63) is 29.8 Å². The fourth-order valence-electron chi connectivity index (χ4n) is 1.45. The number of rotatable bonds is 5. The second-order valence-corrected chi connectivity index (χ2v) is 4.53. The Balaban J connectivity index is 2.44. The van der Waals surface area contributed by atoms with Gasteiger partial charge < -0.3 is 10.6 Å². The first kappa shape index (κ1) is 15.3. The number of anilines is 1. The molecule has 2 N–H and O–H groups in total. The zero-order valence-corrected chi connectivity index (χ0v) is 10.8. The van der Waals surface area contributed by atoms with Crippen LogP contribution in [-0.4, -0.2) is 25.2 Å². The van der Waals surface area contributed by atoms with E-state index in [0.29, 0.717) is 11.6 Å². The van der Waals surface area contributed by atoms with E-state index in [0.717, 1.165) is 5.56 Å². The van der Waals surface area contributed by atoms with Crippen molar-refractivity contribution >= 4 is 11.6 Å². The average Bonchev–Trinajstić information content (AvgIpc) is 2.33. The average molecular weight is 274 g/mol. The molecule has 0 saturated heterocycles. The van der Waals surface area contributed by atoms with Crippen molar-refractivity contribution in [2.24, 2.45) is 0 Å². The van der Waals surface area contributed by atoms with Gasteiger partial charge in [-0.1, -0.05) is 26.0 Å². The Morgan fingerprint density at radius 2 is 2.00 bits per heavy atom. The Hall–Kier alpha value is -1.72. The molecule has 0 radical (unpaired) electrons. The first-order valence-electron chi connectivity index (χ1n) is 5.95. The highest BCUT2D eigenvalue weighted by Crippen LogP contribution is 2.18. The molecule has 1 amide bonds. The smallest absolute Gasteiger partial charge is 0.376 e. The van der Waals surface area contributed by atoms with Crippen LogP contribution in [0, 0.1) is 0 Å². The quantitative estimate of drug-likeness (QED) is 0.866. The number of halogens is 3. The summed E-state index contributed by atoms with van der Waals surface area (Å²) in [7, 11) is 0. The first-order chi connectivity index (χ1) is 8.78. The molecule has 0 saturated carbocycles. The summed E-state index contributed by atoms with van der Waals surface area (Å²) in [5, 5.41) is 4.60. The highest BCUT2D eigenvalue weighted by atomic mass is 19.4. The van der Waals surface area contributed by atoms with Crippen LogP contribution < -0.4 is 10.6 Å². The molecule has 1 aromatic rings. The molecule has 0 atom stereocenters. The summed E-state index contributed by atoms with van der Waals surface area (Å²) >= 11 is 0. The van der Waals surface area contributed by atoms with Crippen LogP contribution in [0.4, 0.5) is 18.9 Å². The molecule has 1 rings (SSSR count). The van der Waals surface area contributed by atoms with Crippen LogP contribution in [-0.2, 0) is 4.79 Å². The maximum Gasteiger partial charge on any atom is 0.405 e. The number of benzene rings is 1. The Morgan fingerprint density at radius 3 is 2.58 bits per heavy atom. The summed E-state index contributed by atoms with van der Waals surface area (Å²) in [6.45, 7) is 2.58. The van der Waals surface area contributed by atoms with Crippen molar-refractivity contribution in [2.75, 3.05) is 18.4 Å². The van der Waals surface area contributed by atoms with E-state index >= 15 is 0 Å². The lowest BCUT2D eigenvalue weighted by Crippen LogP contribution is -2.37. The second kappa shape index (κ2) is 6.45. The van der Waals surface area contributed by atoms with Gasteiger partial charge in [-0.05, 0) is 23.6 Å². The highest BCUT2D eigenvalue weighted by molar-refractivity contribution is 5.80. The van der Waals surface area contributed by atoms with Crippen LogP contribution in [0.1, 0.15) is 25.3 Å². The Morgan fingerprint density at radius 1 is 1.32 bits per heavy atom. The van der Waals surface area contributed by atoms with Crippen molar-refractivity contribution in [3.63, 3.8) is 0 Å². The van der Waals surface area contributed by atoms with Gasteiger partial charge in [0.05, 0.1) is 6.54 Å². The zero-order chi connectivity index (χ0) is 14.5. The summed E-state index contributed by atoms with van der Waals surface area (Å²) < 4.78 is 35.7. The lowest BCUT2D eigenvalue weighted by molar-refractivity contribution is -0.137. The summed E-state index contributed by atoms with van der Waals surface area (Å²) in [5.74, 6) is -0.340. The molecule has 0 spiro atoms. The number of alkyl halides is 3. The molecule has 19 heavy (non-hydrogen) atoms. The number of carbonyl (C=O) groups is 1. The predicted octanol–water partition coefficient (Wildman–Crippen LogP) is 2.90.